The molecule has 0 heterocycles. The molecule has 3 rings (SSSR count). The van der Waals surface area contributed by atoms with Crippen molar-refractivity contribution in [3.8, 4) is 5.75 Å². The van der Waals surface area contributed by atoms with E-state index in [9.17, 15) is 4.79 Å². The Morgan fingerprint density at radius 3 is 2.55 bits per heavy atom. The molecule has 1 aliphatic carbocycles. The van der Waals surface area contributed by atoms with Gasteiger partial charge < -0.3 is 4.74 Å². The van der Waals surface area contributed by atoms with Gasteiger partial charge in [0, 0.05) is 12.8 Å². The number of hydrogen-bond acceptors (Lipinski definition) is 2. The molecule has 2 nitrogen and oxygen atoms in total. The Morgan fingerprint density at radius 1 is 0.968 bits per heavy atom. The molecule has 1 unspecified atom stereocenters. The molecule has 0 N–H and O–H groups in total. The molecule has 0 saturated heterocycles. The van der Waals surface area contributed by atoms with Crippen LogP contribution < -0.4 is 4.74 Å². The molecule has 2 aromatic carbocycles. The molecule has 0 amide bonds. The molecule has 1 saturated carbocycles. The second kappa shape index (κ2) is 11.5. The normalized spacial score (nSPS) is 17.4. The third-order valence-electron chi connectivity index (χ3n) is 6.91. The van der Waals surface area contributed by atoms with Gasteiger partial charge in [-0.1, -0.05) is 88.9 Å². The second-order valence-electron chi connectivity index (χ2n) is 9.89. The van der Waals surface area contributed by atoms with Crippen LogP contribution in [0.15, 0.2) is 48.5 Å². The molecule has 168 valence electrons. The number of benzene rings is 2. The van der Waals surface area contributed by atoms with E-state index >= 15 is 0 Å². The van der Waals surface area contributed by atoms with E-state index in [1.54, 1.807) is 0 Å². The van der Waals surface area contributed by atoms with Gasteiger partial charge in [-0.25, -0.2) is 0 Å². The molecule has 0 aromatic heterocycles. The van der Waals surface area contributed by atoms with Crippen LogP contribution in [-0.4, -0.2) is 5.78 Å². The number of ketones is 1. The van der Waals surface area contributed by atoms with Gasteiger partial charge in [-0.15, -0.1) is 0 Å². The van der Waals surface area contributed by atoms with Crippen molar-refractivity contribution in [1.29, 1.82) is 0 Å². The maximum Gasteiger partial charge on any atom is 0.132 e. The summed E-state index contributed by atoms with van der Waals surface area (Å²) in [5.41, 5.74) is 3.97. The van der Waals surface area contributed by atoms with Crippen molar-refractivity contribution in [3.63, 3.8) is 0 Å². The highest BCUT2D eigenvalue weighted by Gasteiger charge is 2.25. The minimum Gasteiger partial charge on any atom is -0.489 e. The highest BCUT2D eigenvalue weighted by Crippen LogP contribution is 2.40. The smallest absolute Gasteiger partial charge is 0.132 e. The van der Waals surface area contributed by atoms with Gasteiger partial charge in [0.25, 0.3) is 0 Å². The lowest BCUT2D eigenvalue weighted by atomic mass is 9.78. The maximum absolute atomic E-state index is 12.0. The van der Waals surface area contributed by atoms with E-state index in [2.05, 4.69) is 63.2 Å². The number of unbranched alkanes of at least 4 members (excludes halogenated alkanes) is 3. The van der Waals surface area contributed by atoms with Gasteiger partial charge in [-0.3, -0.25) is 4.79 Å². The molecule has 0 spiro atoms. The average Bonchev–Trinajstić information content (AvgIpc) is 3.00. The Morgan fingerprint density at radius 2 is 1.77 bits per heavy atom. The first-order valence-electron chi connectivity index (χ1n) is 12.3. The lowest BCUT2D eigenvalue weighted by molar-refractivity contribution is -0.118. The van der Waals surface area contributed by atoms with E-state index in [1.807, 2.05) is 6.07 Å². The summed E-state index contributed by atoms with van der Waals surface area (Å²) in [6.07, 6.45) is 10.8. The van der Waals surface area contributed by atoms with Gasteiger partial charge in [0.05, 0.1) is 0 Å². The topological polar surface area (TPSA) is 26.3 Å². The third-order valence-corrected chi connectivity index (χ3v) is 6.91. The van der Waals surface area contributed by atoms with Crippen LogP contribution in [-0.2, 0) is 16.8 Å². The van der Waals surface area contributed by atoms with Crippen LogP contribution in [0.4, 0.5) is 0 Å². The van der Waals surface area contributed by atoms with Crippen molar-refractivity contribution in [2.45, 2.75) is 103 Å². The van der Waals surface area contributed by atoms with E-state index < -0.39 is 0 Å². The number of hydrogen-bond donors (Lipinski definition) is 0. The van der Waals surface area contributed by atoms with Crippen molar-refractivity contribution in [2.24, 2.45) is 0 Å². The van der Waals surface area contributed by atoms with Gasteiger partial charge in [-0.05, 0) is 59.8 Å². The van der Waals surface area contributed by atoms with Crippen LogP contribution in [0.3, 0.4) is 0 Å². The van der Waals surface area contributed by atoms with Crippen LogP contribution in [0.5, 0.6) is 5.75 Å². The molecule has 2 heteroatoms. The summed E-state index contributed by atoms with van der Waals surface area (Å²) < 4.78 is 6.44. The highest BCUT2D eigenvalue weighted by atomic mass is 16.5. The predicted molar refractivity (Wildman–Crippen MR) is 130 cm³/mol. The first kappa shape index (κ1) is 23.6. The number of rotatable bonds is 10. The van der Waals surface area contributed by atoms with Gasteiger partial charge in [0.15, 0.2) is 0 Å². The van der Waals surface area contributed by atoms with E-state index in [-0.39, 0.29) is 5.41 Å². The fourth-order valence-corrected chi connectivity index (χ4v) is 4.75. The first-order valence-corrected chi connectivity index (χ1v) is 12.3. The Hall–Kier alpha value is -2.09. The van der Waals surface area contributed by atoms with Crippen molar-refractivity contribution < 1.29 is 9.53 Å². The maximum atomic E-state index is 12.0. The van der Waals surface area contributed by atoms with Crippen LogP contribution in [0.25, 0.3) is 0 Å². The molecule has 2 aromatic rings. The van der Waals surface area contributed by atoms with Crippen molar-refractivity contribution in [1.82, 2.24) is 0 Å². The Labute approximate surface area is 189 Å². The van der Waals surface area contributed by atoms with Crippen LogP contribution in [0.2, 0.25) is 0 Å². The quantitative estimate of drug-likeness (QED) is 0.286. The summed E-state index contributed by atoms with van der Waals surface area (Å²) in [6, 6.07) is 17.3. The van der Waals surface area contributed by atoms with Crippen molar-refractivity contribution in [2.75, 3.05) is 0 Å². The molecule has 0 bridgehead atoms. The van der Waals surface area contributed by atoms with Gasteiger partial charge in [-0.2, -0.15) is 0 Å². The van der Waals surface area contributed by atoms with E-state index in [4.69, 9.17) is 4.74 Å². The molecule has 1 fully saturated rings. The Balaban J connectivity index is 1.82. The number of carbonyl (C=O) groups is 1. The van der Waals surface area contributed by atoms with Crippen LogP contribution in [0, 0.1) is 0 Å². The third kappa shape index (κ3) is 6.95. The second-order valence-corrected chi connectivity index (χ2v) is 9.89. The summed E-state index contributed by atoms with van der Waals surface area (Å²) >= 11 is 0. The summed E-state index contributed by atoms with van der Waals surface area (Å²) in [4.78, 5) is 12.0. The van der Waals surface area contributed by atoms with Crippen LogP contribution in [0.1, 0.15) is 108 Å². The zero-order chi connectivity index (χ0) is 22.1. The Kier molecular flexibility index (Phi) is 8.75. The molecule has 1 atom stereocenters. The number of Topliss-reactive ketones (excluding diaryl/α,β-unsaturated/α-hetero) is 1. The Bertz CT molecular complexity index is 822. The molecular weight excluding hydrogens is 380 g/mol. The van der Waals surface area contributed by atoms with Gasteiger partial charge in [0.1, 0.15) is 18.1 Å². The monoisotopic (exact) mass is 420 g/mol. The van der Waals surface area contributed by atoms with Gasteiger partial charge >= 0.3 is 0 Å². The fraction of sp³-hybridized carbons (Fsp3) is 0.552. The number of ether oxygens (including phenoxy) is 1. The SMILES string of the molecule is CCCCCCC(C)(C)c1ccc(C2CCCC(=O)CC2)c(OCc2ccccc2)c1. The fourth-order valence-electron chi connectivity index (χ4n) is 4.75. The molecule has 0 radical (unpaired) electrons. The zero-order valence-corrected chi connectivity index (χ0v) is 19.8. The summed E-state index contributed by atoms with van der Waals surface area (Å²) in [6.45, 7) is 7.57. The van der Waals surface area contributed by atoms with Crippen LogP contribution >= 0.6 is 0 Å². The summed E-state index contributed by atoms with van der Waals surface area (Å²) in [5, 5.41) is 0. The van der Waals surface area contributed by atoms with E-state index in [0.29, 0.717) is 24.7 Å². The largest absolute Gasteiger partial charge is 0.489 e. The minimum atomic E-state index is 0.135. The summed E-state index contributed by atoms with van der Waals surface area (Å²) in [7, 11) is 0. The number of carbonyl (C=O) groups excluding carboxylic acids is 1. The molecule has 31 heavy (non-hydrogen) atoms. The molecule has 1 aliphatic rings. The zero-order valence-electron chi connectivity index (χ0n) is 19.8. The molecule has 0 aliphatic heterocycles. The molecular formula is C29H40O2. The highest BCUT2D eigenvalue weighted by molar-refractivity contribution is 5.78. The first-order chi connectivity index (χ1) is 15.0. The predicted octanol–water partition coefficient (Wildman–Crippen LogP) is 8.13. The van der Waals surface area contributed by atoms with E-state index in [0.717, 1.165) is 31.4 Å². The van der Waals surface area contributed by atoms with Gasteiger partial charge in [0.2, 0.25) is 0 Å². The standard InChI is InChI=1S/C29H40O2/c1-4-5-6-10-20-29(2,3)25-17-19-27(24-14-11-15-26(30)18-16-24)28(21-25)31-22-23-12-8-7-9-13-23/h7-9,12-13,17,19,21,24H,4-6,10-11,14-16,18,20,22H2,1-3H3. The lowest BCUT2D eigenvalue weighted by Crippen LogP contribution is -2.17. The lowest BCUT2D eigenvalue weighted by Gasteiger charge is -2.28. The minimum absolute atomic E-state index is 0.135. The van der Waals surface area contributed by atoms with Crippen molar-refractivity contribution >= 4 is 5.78 Å². The van der Waals surface area contributed by atoms with Crippen molar-refractivity contribution in [3.05, 3.63) is 65.2 Å². The summed E-state index contributed by atoms with van der Waals surface area (Å²) in [5.74, 6) is 1.85. The van der Waals surface area contributed by atoms with E-state index in [1.165, 1.54) is 48.8 Å². The average molecular weight is 421 g/mol.